The maximum Gasteiger partial charge on any atom is 0.245 e. The number of aromatic nitrogens is 5. The standard InChI is InChI=1S/C26H26ClN7O2/c1-15-5-8-29-17(9-15)13-34-23(32-21-24(34)30-14-31-25(21)36-26(2)6-7-26)19-4-3-18(10-20(19)27)33-11-16(12-33)22(28)35/h3-5,8-10,14,16H,6-7,11-13H2,1-2H3,(H2,28,35). The number of anilines is 1. The number of amides is 1. The van der Waals surface area contributed by atoms with Crippen molar-refractivity contribution >= 4 is 34.4 Å². The van der Waals surface area contributed by atoms with Crippen LogP contribution in [-0.2, 0) is 11.3 Å². The Morgan fingerprint density at radius 2 is 2.00 bits per heavy atom. The van der Waals surface area contributed by atoms with Gasteiger partial charge in [-0.3, -0.25) is 9.78 Å². The van der Waals surface area contributed by atoms with Gasteiger partial charge in [0.05, 0.1) is 23.2 Å². The molecule has 4 heterocycles. The second-order valence-electron chi connectivity index (χ2n) is 9.92. The van der Waals surface area contributed by atoms with Crippen LogP contribution in [0.25, 0.3) is 22.6 Å². The molecule has 1 aliphatic carbocycles. The van der Waals surface area contributed by atoms with Crippen LogP contribution < -0.4 is 15.4 Å². The molecule has 0 spiro atoms. The molecule has 2 aliphatic rings. The molecular formula is C26H26ClN7O2. The molecule has 184 valence electrons. The SMILES string of the molecule is Cc1ccnc(Cn2c(-c3ccc(N4CC(C(N)=O)C4)cc3Cl)nc3c(OC4(C)CC4)ncnc32)c1. The second kappa shape index (κ2) is 8.44. The number of nitrogens with two attached hydrogens (primary N) is 1. The van der Waals surface area contributed by atoms with Crippen molar-refractivity contribution in [3.63, 3.8) is 0 Å². The van der Waals surface area contributed by atoms with Crippen LogP contribution in [0.3, 0.4) is 0 Å². The molecular weight excluding hydrogens is 478 g/mol. The van der Waals surface area contributed by atoms with Crippen molar-refractivity contribution in [2.75, 3.05) is 18.0 Å². The maximum atomic E-state index is 11.4. The van der Waals surface area contributed by atoms with Gasteiger partial charge in [0.15, 0.2) is 11.2 Å². The number of ether oxygens (including phenoxy) is 1. The van der Waals surface area contributed by atoms with Gasteiger partial charge in [0.1, 0.15) is 17.8 Å². The largest absolute Gasteiger partial charge is 0.470 e. The lowest BCUT2D eigenvalue weighted by Crippen LogP contribution is -2.52. The first-order valence-corrected chi connectivity index (χ1v) is 12.3. The summed E-state index contributed by atoms with van der Waals surface area (Å²) in [5.74, 6) is 0.740. The van der Waals surface area contributed by atoms with Gasteiger partial charge in [-0.1, -0.05) is 11.6 Å². The number of hydrogen-bond acceptors (Lipinski definition) is 7. The van der Waals surface area contributed by atoms with E-state index < -0.39 is 0 Å². The molecule has 9 nitrogen and oxygen atoms in total. The predicted octanol–water partition coefficient (Wildman–Crippen LogP) is 3.75. The minimum Gasteiger partial charge on any atom is -0.470 e. The first-order chi connectivity index (χ1) is 17.3. The van der Waals surface area contributed by atoms with Crippen LogP contribution in [0.2, 0.25) is 5.02 Å². The van der Waals surface area contributed by atoms with Crippen molar-refractivity contribution in [2.45, 2.75) is 38.8 Å². The topological polar surface area (TPSA) is 112 Å². The van der Waals surface area contributed by atoms with E-state index in [4.69, 9.17) is 27.1 Å². The Morgan fingerprint density at radius 1 is 1.19 bits per heavy atom. The summed E-state index contributed by atoms with van der Waals surface area (Å²) in [6, 6.07) is 9.85. The Kier molecular flexibility index (Phi) is 5.33. The normalized spacial score (nSPS) is 16.7. The number of benzene rings is 1. The average molecular weight is 504 g/mol. The summed E-state index contributed by atoms with van der Waals surface area (Å²) in [4.78, 5) is 31.9. The van der Waals surface area contributed by atoms with Crippen LogP contribution in [0.15, 0.2) is 42.9 Å². The van der Waals surface area contributed by atoms with E-state index in [1.165, 1.54) is 6.33 Å². The molecule has 10 heteroatoms. The fourth-order valence-corrected chi connectivity index (χ4v) is 4.72. The Hall–Kier alpha value is -3.72. The number of hydrogen-bond donors (Lipinski definition) is 1. The maximum absolute atomic E-state index is 11.4. The number of imidazole rings is 1. The molecule has 1 amide bonds. The molecule has 2 fully saturated rings. The molecule has 6 rings (SSSR count). The van der Waals surface area contributed by atoms with Crippen LogP contribution in [0.4, 0.5) is 5.69 Å². The van der Waals surface area contributed by atoms with Crippen molar-refractivity contribution in [3.8, 4) is 17.3 Å². The summed E-state index contributed by atoms with van der Waals surface area (Å²) >= 11 is 6.82. The number of fused-ring (bicyclic) bond motifs is 1. The summed E-state index contributed by atoms with van der Waals surface area (Å²) in [5.41, 5.74) is 10.2. The molecule has 0 bridgehead atoms. The second-order valence-corrected chi connectivity index (χ2v) is 10.3. The van der Waals surface area contributed by atoms with E-state index in [0.717, 1.165) is 35.3 Å². The molecule has 4 aromatic rings. The zero-order valence-corrected chi connectivity index (χ0v) is 20.9. The number of rotatable bonds is 7. The Morgan fingerprint density at radius 3 is 2.69 bits per heavy atom. The molecule has 2 N–H and O–H groups in total. The summed E-state index contributed by atoms with van der Waals surface area (Å²) in [6.07, 6.45) is 5.28. The van der Waals surface area contributed by atoms with Gasteiger partial charge in [-0.2, -0.15) is 4.98 Å². The van der Waals surface area contributed by atoms with Gasteiger partial charge in [-0.05, 0) is 62.6 Å². The number of nitrogens with zero attached hydrogens (tertiary/aromatic N) is 6. The van der Waals surface area contributed by atoms with E-state index in [-0.39, 0.29) is 17.4 Å². The van der Waals surface area contributed by atoms with Gasteiger partial charge in [-0.15, -0.1) is 0 Å². The number of halogens is 1. The van der Waals surface area contributed by atoms with Crippen LogP contribution in [-0.4, -0.2) is 49.1 Å². The third-order valence-electron chi connectivity index (χ3n) is 6.93. The van der Waals surface area contributed by atoms with Crippen molar-refractivity contribution in [3.05, 3.63) is 59.1 Å². The van der Waals surface area contributed by atoms with Gasteiger partial charge in [0.25, 0.3) is 0 Å². The highest BCUT2D eigenvalue weighted by atomic mass is 35.5. The smallest absolute Gasteiger partial charge is 0.245 e. The fourth-order valence-electron chi connectivity index (χ4n) is 4.46. The summed E-state index contributed by atoms with van der Waals surface area (Å²) in [6.45, 7) is 5.77. The lowest BCUT2D eigenvalue weighted by molar-refractivity contribution is -0.122. The monoisotopic (exact) mass is 503 g/mol. The zero-order valence-electron chi connectivity index (χ0n) is 20.1. The van der Waals surface area contributed by atoms with E-state index in [0.29, 0.717) is 47.5 Å². The number of pyridine rings is 1. The van der Waals surface area contributed by atoms with E-state index >= 15 is 0 Å². The lowest BCUT2D eigenvalue weighted by atomic mass is 9.98. The highest BCUT2D eigenvalue weighted by Crippen LogP contribution is 2.41. The van der Waals surface area contributed by atoms with Crippen LogP contribution >= 0.6 is 11.6 Å². The molecule has 0 unspecified atom stereocenters. The molecule has 36 heavy (non-hydrogen) atoms. The van der Waals surface area contributed by atoms with Gasteiger partial charge < -0.3 is 19.9 Å². The van der Waals surface area contributed by atoms with Gasteiger partial charge in [0, 0.05) is 30.5 Å². The molecule has 1 aromatic carbocycles. The number of carbonyl (C=O) groups is 1. The molecule has 1 saturated carbocycles. The third kappa shape index (κ3) is 4.13. The van der Waals surface area contributed by atoms with Gasteiger partial charge >= 0.3 is 0 Å². The average Bonchev–Trinajstić information content (AvgIpc) is 3.41. The Labute approximate surface area is 213 Å². The third-order valence-corrected chi connectivity index (χ3v) is 7.24. The van der Waals surface area contributed by atoms with Crippen molar-refractivity contribution < 1.29 is 9.53 Å². The first-order valence-electron chi connectivity index (χ1n) is 12.0. The number of carbonyl (C=O) groups excluding carboxylic acids is 1. The summed E-state index contributed by atoms with van der Waals surface area (Å²) in [5, 5.41) is 0.549. The predicted molar refractivity (Wildman–Crippen MR) is 137 cm³/mol. The quantitative estimate of drug-likeness (QED) is 0.408. The van der Waals surface area contributed by atoms with Crippen molar-refractivity contribution in [1.82, 2.24) is 24.5 Å². The molecule has 3 aromatic heterocycles. The molecule has 0 atom stereocenters. The fraction of sp³-hybridized carbons (Fsp3) is 0.346. The highest BCUT2D eigenvalue weighted by molar-refractivity contribution is 6.33. The van der Waals surface area contributed by atoms with E-state index in [1.54, 1.807) is 6.20 Å². The highest BCUT2D eigenvalue weighted by Gasteiger charge is 2.41. The van der Waals surface area contributed by atoms with Crippen LogP contribution in [0.5, 0.6) is 5.88 Å². The lowest BCUT2D eigenvalue weighted by Gasteiger charge is -2.39. The van der Waals surface area contributed by atoms with Crippen LogP contribution in [0, 0.1) is 12.8 Å². The Balaban J connectivity index is 1.43. The minimum absolute atomic E-state index is 0.125. The minimum atomic E-state index is -0.272. The van der Waals surface area contributed by atoms with Gasteiger partial charge in [-0.25, -0.2) is 9.97 Å². The molecule has 1 saturated heterocycles. The summed E-state index contributed by atoms with van der Waals surface area (Å²) in [7, 11) is 0. The van der Waals surface area contributed by atoms with Crippen molar-refractivity contribution in [2.24, 2.45) is 11.7 Å². The van der Waals surface area contributed by atoms with E-state index in [9.17, 15) is 4.79 Å². The molecule has 0 radical (unpaired) electrons. The molecule has 1 aliphatic heterocycles. The zero-order chi connectivity index (χ0) is 25.0. The van der Waals surface area contributed by atoms with E-state index in [1.807, 2.05) is 41.8 Å². The van der Waals surface area contributed by atoms with E-state index in [2.05, 4.69) is 26.8 Å². The summed E-state index contributed by atoms with van der Waals surface area (Å²) < 4.78 is 8.22. The first kappa shape index (κ1) is 22.7. The number of aryl methyl sites for hydroxylation is 1. The van der Waals surface area contributed by atoms with Crippen molar-refractivity contribution in [1.29, 1.82) is 0 Å². The number of primary amides is 1. The van der Waals surface area contributed by atoms with Crippen LogP contribution in [0.1, 0.15) is 31.0 Å². The Bertz CT molecular complexity index is 1490. The van der Waals surface area contributed by atoms with Gasteiger partial charge in [0.2, 0.25) is 11.8 Å².